The topological polar surface area (TPSA) is 118 Å². The van der Waals surface area contributed by atoms with Crippen molar-refractivity contribution in [1.82, 2.24) is 0 Å². The van der Waals surface area contributed by atoms with E-state index in [4.69, 9.17) is 0 Å². The minimum Gasteiger partial charge on any atom is -0.322 e. The van der Waals surface area contributed by atoms with Gasteiger partial charge in [0.1, 0.15) is 0 Å². The normalized spacial score (nSPS) is 11.0. The molecule has 3 rings (SSSR count). The SMILES string of the molecule is Cc1ccccc1NC(=O)c1ccc(C)c(S(=O)(=O)Nc2cccc([N+](=O)[O-])c2)c1. The van der Waals surface area contributed by atoms with Crippen LogP contribution < -0.4 is 10.0 Å². The third-order valence-electron chi connectivity index (χ3n) is 4.44. The molecule has 3 aromatic carbocycles. The third-order valence-corrected chi connectivity index (χ3v) is 5.97. The van der Waals surface area contributed by atoms with Crippen molar-refractivity contribution in [3.63, 3.8) is 0 Å². The molecular formula is C21H19N3O5S. The highest BCUT2D eigenvalue weighted by Gasteiger charge is 2.20. The molecule has 0 aliphatic carbocycles. The molecule has 8 nitrogen and oxygen atoms in total. The van der Waals surface area contributed by atoms with Crippen molar-refractivity contribution in [3.8, 4) is 0 Å². The lowest BCUT2D eigenvalue weighted by Gasteiger charge is -2.13. The first kappa shape index (κ1) is 21.0. The molecule has 0 aliphatic rings. The molecule has 0 heterocycles. The van der Waals surface area contributed by atoms with Crippen LogP contribution in [0.4, 0.5) is 17.1 Å². The lowest BCUT2D eigenvalue weighted by Crippen LogP contribution is -2.17. The quantitative estimate of drug-likeness (QED) is 0.452. The van der Waals surface area contributed by atoms with Crippen LogP contribution in [0, 0.1) is 24.0 Å². The zero-order chi connectivity index (χ0) is 21.9. The van der Waals surface area contributed by atoms with Gasteiger partial charge in [0.15, 0.2) is 0 Å². The highest BCUT2D eigenvalue weighted by molar-refractivity contribution is 7.92. The Bertz CT molecular complexity index is 1240. The number of para-hydroxylation sites is 1. The molecule has 30 heavy (non-hydrogen) atoms. The van der Waals surface area contributed by atoms with Gasteiger partial charge in [0.05, 0.1) is 15.5 Å². The predicted octanol–water partition coefficient (Wildman–Crippen LogP) is 4.26. The number of anilines is 2. The summed E-state index contributed by atoms with van der Waals surface area (Å²) in [7, 11) is -4.08. The highest BCUT2D eigenvalue weighted by Crippen LogP contribution is 2.24. The van der Waals surface area contributed by atoms with Crippen molar-refractivity contribution in [2.75, 3.05) is 10.0 Å². The molecular weight excluding hydrogens is 406 g/mol. The molecule has 3 aromatic rings. The van der Waals surface area contributed by atoms with Gasteiger partial charge in [-0.1, -0.05) is 30.3 Å². The van der Waals surface area contributed by atoms with Gasteiger partial charge in [-0.05, 0) is 49.2 Å². The van der Waals surface area contributed by atoms with E-state index >= 15 is 0 Å². The second-order valence-electron chi connectivity index (χ2n) is 6.66. The Balaban J connectivity index is 1.90. The number of hydrogen-bond donors (Lipinski definition) is 2. The number of sulfonamides is 1. The van der Waals surface area contributed by atoms with Gasteiger partial charge in [-0.2, -0.15) is 0 Å². The fraction of sp³-hybridized carbons (Fsp3) is 0.0952. The van der Waals surface area contributed by atoms with E-state index in [0.29, 0.717) is 11.3 Å². The Hall–Kier alpha value is -3.72. The number of carbonyl (C=O) groups excluding carboxylic acids is 1. The monoisotopic (exact) mass is 425 g/mol. The van der Waals surface area contributed by atoms with Gasteiger partial charge in [-0.15, -0.1) is 0 Å². The van der Waals surface area contributed by atoms with Crippen LogP contribution in [0.15, 0.2) is 71.6 Å². The number of rotatable bonds is 6. The third kappa shape index (κ3) is 4.64. The summed E-state index contributed by atoms with van der Waals surface area (Å²) < 4.78 is 28.1. The van der Waals surface area contributed by atoms with Crippen molar-refractivity contribution in [1.29, 1.82) is 0 Å². The largest absolute Gasteiger partial charge is 0.322 e. The van der Waals surface area contributed by atoms with Gasteiger partial charge in [0, 0.05) is 23.4 Å². The van der Waals surface area contributed by atoms with E-state index in [2.05, 4.69) is 10.0 Å². The summed E-state index contributed by atoms with van der Waals surface area (Å²) in [6, 6.07) is 16.8. The Morgan fingerprint density at radius 3 is 2.37 bits per heavy atom. The van der Waals surface area contributed by atoms with Gasteiger partial charge < -0.3 is 5.32 Å². The number of nitro benzene ring substituents is 1. The van der Waals surface area contributed by atoms with Gasteiger partial charge in [-0.25, -0.2) is 8.42 Å². The number of nitro groups is 1. The molecule has 0 radical (unpaired) electrons. The molecule has 0 atom stereocenters. The summed E-state index contributed by atoms with van der Waals surface area (Å²) in [5.74, 6) is -0.448. The maximum Gasteiger partial charge on any atom is 0.271 e. The smallest absolute Gasteiger partial charge is 0.271 e. The Kier molecular flexibility index (Phi) is 5.84. The van der Waals surface area contributed by atoms with Crippen LogP contribution in [0.3, 0.4) is 0 Å². The van der Waals surface area contributed by atoms with Crippen molar-refractivity contribution in [2.24, 2.45) is 0 Å². The van der Waals surface area contributed by atoms with Crippen molar-refractivity contribution in [3.05, 3.63) is 93.5 Å². The molecule has 1 amide bonds. The summed E-state index contributed by atoms with van der Waals surface area (Å²) in [4.78, 5) is 22.9. The van der Waals surface area contributed by atoms with E-state index in [1.165, 1.54) is 36.4 Å². The molecule has 154 valence electrons. The zero-order valence-electron chi connectivity index (χ0n) is 16.2. The van der Waals surface area contributed by atoms with Crippen LogP contribution in [0.5, 0.6) is 0 Å². The molecule has 2 N–H and O–H groups in total. The average molecular weight is 425 g/mol. The lowest BCUT2D eigenvalue weighted by molar-refractivity contribution is -0.384. The van der Waals surface area contributed by atoms with Gasteiger partial charge in [0.2, 0.25) is 0 Å². The summed E-state index contributed by atoms with van der Waals surface area (Å²) >= 11 is 0. The highest BCUT2D eigenvalue weighted by atomic mass is 32.2. The number of benzene rings is 3. The van der Waals surface area contributed by atoms with E-state index in [9.17, 15) is 23.3 Å². The van der Waals surface area contributed by atoms with Gasteiger partial charge in [-0.3, -0.25) is 19.6 Å². The second-order valence-corrected chi connectivity index (χ2v) is 8.31. The summed E-state index contributed by atoms with van der Waals surface area (Å²) in [5.41, 5.74) is 1.92. The van der Waals surface area contributed by atoms with Crippen LogP contribution in [-0.4, -0.2) is 19.2 Å². The van der Waals surface area contributed by atoms with E-state index in [0.717, 1.165) is 11.6 Å². The molecule has 0 aliphatic heterocycles. The van der Waals surface area contributed by atoms with Crippen LogP contribution >= 0.6 is 0 Å². The first-order chi connectivity index (χ1) is 14.2. The van der Waals surface area contributed by atoms with E-state index in [1.54, 1.807) is 19.1 Å². The van der Waals surface area contributed by atoms with Gasteiger partial charge >= 0.3 is 0 Å². The van der Waals surface area contributed by atoms with Crippen molar-refractivity contribution in [2.45, 2.75) is 18.7 Å². The fourth-order valence-corrected chi connectivity index (χ4v) is 4.15. The number of carbonyl (C=O) groups is 1. The number of aryl methyl sites for hydroxylation is 2. The molecule has 9 heteroatoms. The van der Waals surface area contributed by atoms with Crippen LogP contribution in [0.1, 0.15) is 21.5 Å². The Morgan fingerprint density at radius 1 is 0.933 bits per heavy atom. The second kappa shape index (κ2) is 8.34. The zero-order valence-corrected chi connectivity index (χ0v) is 17.1. The van der Waals surface area contributed by atoms with E-state index < -0.39 is 20.9 Å². The summed E-state index contributed by atoms with van der Waals surface area (Å²) in [6.45, 7) is 3.45. The first-order valence-corrected chi connectivity index (χ1v) is 10.4. The summed E-state index contributed by atoms with van der Waals surface area (Å²) in [6.07, 6.45) is 0. The molecule has 0 saturated heterocycles. The average Bonchev–Trinajstić information content (AvgIpc) is 2.69. The first-order valence-electron chi connectivity index (χ1n) is 8.92. The van der Waals surface area contributed by atoms with E-state index in [1.807, 2.05) is 19.1 Å². The summed E-state index contributed by atoms with van der Waals surface area (Å²) in [5, 5.41) is 13.7. The van der Waals surface area contributed by atoms with Crippen molar-refractivity contribution < 1.29 is 18.1 Å². The van der Waals surface area contributed by atoms with Crippen LogP contribution in [0.2, 0.25) is 0 Å². The van der Waals surface area contributed by atoms with Crippen molar-refractivity contribution >= 4 is 33.0 Å². The number of non-ortho nitro benzene ring substituents is 1. The minimum absolute atomic E-state index is 0.0540. The minimum atomic E-state index is -4.08. The van der Waals surface area contributed by atoms with E-state index in [-0.39, 0.29) is 21.8 Å². The molecule has 0 fully saturated rings. The lowest BCUT2D eigenvalue weighted by atomic mass is 10.1. The molecule has 0 saturated carbocycles. The molecule has 0 aromatic heterocycles. The van der Waals surface area contributed by atoms with Gasteiger partial charge in [0.25, 0.3) is 21.6 Å². The number of nitrogens with zero attached hydrogens (tertiary/aromatic N) is 1. The van der Waals surface area contributed by atoms with Crippen LogP contribution in [-0.2, 0) is 10.0 Å². The van der Waals surface area contributed by atoms with Crippen LogP contribution in [0.25, 0.3) is 0 Å². The maximum atomic E-state index is 12.9. The predicted molar refractivity (Wildman–Crippen MR) is 114 cm³/mol. The molecule has 0 bridgehead atoms. The Morgan fingerprint density at radius 2 is 1.67 bits per heavy atom. The molecule has 0 spiro atoms. The number of nitrogens with one attached hydrogen (secondary N) is 2. The molecule has 0 unspecified atom stereocenters. The Labute approximate surface area is 173 Å². The number of amides is 1. The fourth-order valence-electron chi connectivity index (χ4n) is 2.83. The maximum absolute atomic E-state index is 12.9. The number of hydrogen-bond acceptors (Lipinski definition) is 5. The standard InChI is InChI=1S/C21H19N3O5S/c1-14-6-3-4-9-19(14)22-21(25)16-11-10-15(2)20(12-16)30(28,29)23-17-7-5-8-18(13-17)24(26)27/h3-13,23H,1-2H3,(H,22,25).